The van der Waals surface area contributed by atoms with Crippen LogP contribution in [0.3, 0.4) is 0 Å². The van der Waals surface area contributed by atoms with Gasteiger partial charge in [-0.05, 0) is 32.0 Å². The Morgan fingerprint density at radius 1 is 1.52 bits per heavy atom. The van der Waals surface area contributed by atoms with Crippen molar-refractivity contribution in [3.8, 4) is 0 Å². The smallest absolute Gasteiger partial charge is 0.281 e. The van der Waals surface area contributed by atoms with Crippen LogP contribution in [0.25, 0.3) is 10.9 Å². The molecule has 112 valence electrons. The molecule has 0 fully saturated rings. The van der Waals surface area contributed by atoms with Gasteiger partial charge in [0.2, 0.25) is 0 Å². The van der Waals surface area contributed by atoms with Crippen LogP contribution in [-0.2, 0) is 6.42 Å². The summed E-state index contributed by atoms with van der Waals surface area (Å²) >= 11 is 0. The van der Waals surface area contributed by atoms with Gasteiger partial charge >= 0.3 is 0 Å². The van der Waals surface area contributed by atoms with E-state index >= 15 is 0 Å². The number of aromatic nitrogens is 1. The third kappa shape index (κ3) is 3.16. The molecular formula is C15H18FN3O2. The highest BCUT2D eigenvalue weighted by molar-refractivity contribution is 5.90. The minimum Gasteiger partial charge on any atom is -0.317 e. The largest absolute Gasteiger partial charge is 0.317 e. The minimum absolute atomic E-state index is 0.121. The average Bonchev–Trinajstić information content (AvgIpc) is 2.48. The molecule has 0 bridgehead atoms. The van der Waals surface area contributed by atoms with Gasteiger partial charge in [0.05, 0.1) is 21.9 Å². The highest BCUT2D eigenvalue weighted by atomic mass is 19.1. The lowest BCUT2D eigenvalue weighted by Crippen LogP contribution is -2.27. The highest BCUT2D eigenvalue weighted by Crippen LogP contribution is 2.30. The number of hydrogen-bond acceptors (Lipinski definition) is 4. The molecule has 1 N–H and O–H groups in total. The first-order valence-electron chi connectivity index (χ1n) is 6.96. The lowest BCUT2D eigenvalue weighted by molar-refractivity contribution is -0.383. The van der Waals surface area contributed by atoms with Crippen LogP contribution >= 0.6 is 0 Å². The average molecular weight is 291 g/mol. The molecule has 1 heterocycles. The number of nitrogens with one attached hydrogen (secondary N) is 1. The maximum Gasteiger partial charge on any atom is 0.281 e. The molecule has 0 radical (unpaired) electrons. The number of fused-ring (bicyclic) bond motifs is 1. The van der Waals surface area contributed by atoms with Crippen molar-refractivity contribution in [3.05, 3.63) is 45.9 Å². The Morgan fingerprint density at radius 3 is 2.90 bits per heavy atom. The summed E-state index contributed by atoms with van der Waals surface area (Å²) in [6.07, 6.45) is 3.87. The van der Waals surface area contributed by atoms with Crippen molar-refractivity contribution in [2.24, 2.45) is 0 Å². The van der Waals surface area contributed by atoms with Crippen LogP contribution in [0.2, 0.25) is 0 Å². The lowest BCUT2D eigenvalue weighted by Gasteiger charge is -2.16. The summed E-state index contributed by atoms with van der Waals surface area (Å²) in [5.41, 5.74) is 0.570. The number of likely N-dealkylation sites (N-methyl/N-ethyl adjacent to an activating group) is 1. The van der Waals surface area contributed by atoms with Crippen LogP contribution in [0, 0.1) is 15.9 Å². The number of nitro groups is 1. The number of rotatable bonds is 6. The Hall–Kier alpha value is -2.08. The normalized spacial score (nSPS) is 12.5. The van der Waals surface area contributed by atoms with Crippen molar-refractivity contribution in [1.29, 1.82) is 0 Å². The summed E-state index contributed by atoms with van der Waals surface area (Å²) in [5.74, 6) is -0.566. The van der Waals surface area contributed by atoms with Crippen LogP contribution in [0.5, 0.6) is 0 Å². The van der Waals surface area contributed by atoms with Crippen LogP contribution in [0.1, 0.15) is 25.3 Å². The Bertz CT molecular complexity index is 661. The summed E-state index contributed by atoms with van der Waals surface area (Å²) < 4.78 is 14.3. The van der Waals surface area contributed by atoms with Gasteiger partial charge in [0.15, 0.2) is 0 Å². The van der Waals surface area contributed by atoms with Crippen LogP contribution in [-0.4, -0.2) is 23.0 Å². The Morgan fingerprint density at radius 2 is 2.29 bits per heavy atom. The van der Waals surface area contributed by atoms with Gasteiger partial charge in [-0.15, -0.1) is 0 Å². The number of hydrogen-bond donors (Lipinski definition) is 1. The first-order valence-corrected chi connectivity index (χ1v) is 6.96. The number of non-ortho nitro benzene ring substituents is 1. The van der Waals surface area contributed by atoms with E-state index in [0.29, 0.717) is 22.9 Å². The number of halogens is 1. The predicted molar refractivity (Wildman–Crippen MR) is 79.8 cm³/mol. The van der Waals surface area contributed by atoms with E-state index in [0.717, 1.165) is 18.9 Å². The van der Waals surface area contributed by atoms with E-state index in [1.807, 2.05) is 7.05 Å². The molecule has 0 aliphatic rings. The molecule has 2 rings (SSSR count). The summed E-state index contributed by atoms with van der Waals surface area (Å²) in [7, 11) is 1.83. The second kappa shape index (κ2) is 6.58. The van der Waals surface area contributed by atoms with Gasteiger partial charge in [-0.2, -0.15) is 0 Å². The Labute approximate surface area is 122 Å². The predicted octanol–water partition coefficient (Wildman–Crippen LogP) is 3.21. The molecule has 5 nitrogen and oxygen atoms in total. The topological polar surface area (TPSA) is 68.1 Å². The highest BCUT2D eigenvalue weighted by Gasteiger charge is 2.21. The zero-order valence-electron chi connectivity index (χ0n) is 12.1. The summed E-state index contributed by atoms with van der Waals surface area (Å²) in [5, 5.41) is 14.6. The van der Waals surface area contributed by atoms with Crippen LogP contribution in [0.15, 0.2) is 24.4 Å². The van der Waals surface area contributed by atoms with Gasteiger partial charge in [0, 0.05) is 17.8 Å². The standard InChI is InChI=1S/C15H18FN3O2/c1-3-5-10(17-2)8-12-13(16)9-14(19(20)21)11-6-4-7-18-15(11)12/h4,6-7,9-10,17H,3,5,8H2,1-2H3. The molecule has 0 amide bonds. The zero-order valence-corrected chi connectivity index (χ0v) is 12.1. The van der Waals surface area contributed by atoms with E-state index in [1.54, 1.807) is 12.1 Å². The third-order valence-electron chi connectivity index (χ3n) is 3.61. The number of nitro benzene ring substituents is 1. The summed E-state index contributed by atoms with van der Waals surface area (Å²) in [6.45, 7) is 2.06. The molecule has 2 aromatic rings. The van der Waals surface area contributed by atoms with E-state index in [1.165, 1.54) is 6.20 Å². The van der Waals surface area contributed by atoms with Gasteiger partial charge in [0.25, 0.3) is 5.69 Å². The van der Waals surface area contributed by atoms with Crippen molar-refractivity contribution < 1.29 is 9.31 Å². The second-order valence-corrected chi connectivity index (χ2v) is 4.99. The van der Waals surface area contributed by atoms with Gasteiger partial charge in [-0.1, -0.05) is 13.3 Å². The molecule has 21 heavy (non-hydrogen) atoms. The Kier molecular flexibility index (Phi) is 4.80. The van der Waals surface area contributed by atoms with Gasteiger partial charge in [-0.3, -0.25) is 15.1 Å². The van der Waals surface area contributed by atoms with Gasteiger partial charge < -0.3 is 5.32 Å². The first kappa shape index (κ1) is 15.3. The maximum absolute atomic E-state index is 14.3. The van der Waals surface area contributed by atoms with Crippen molar-refractivity contribution >= 4 is 16.6 Å². The zero-order chi connectivity index (χ0) is 15.4. The van der Waals surface area contributed by atoms with Crippen LogP contribution in [0.4, 0.5) is 10.1 Å². The molecule has 1 unspecified atom stereocenters. The summed E-state index contributed by atoms with van der Waals surface area (Å²) in [6, 6.07) is 4.35. The molecule has 0 saturated carbocycles. The fourth-order valence-electron chi connectivity index (χ4n) is 2.54. The van der Waals surface area contributed by atoms with E-state index in [2.05, 4.69) is 17.2 Å². The molecule has 0 spiro atoms. The SMILES string of the molecule is CCCC(Cc1c(F)cc([N+](=O)[O-])c2cccnc12)NC. The molecule has 6 heteroatoms. The molecule has 1 aromatic carbocycles. The fourth-order valence-corrected chi connectivity index (χ4v) is 2.54. The molecular weight excluding hydrogens is 273 g/mol. The van der Waals surface area contributed by atoms with E-state index in [9.17, 15) is 14.5 Å². The fraction of sp³-hybridized carbons (Fsp3) is 0.400. The molecule has 0 aliphatic heterocycles. The van der Waals surface area contributed by atoms with Crippen molar-refractivity contribution in [1.82, 2.24) is 10.3 Å². The van der Waals surface area contributed by atoms with E-state index < -0.39 is 10.7 Å². The minimum atomic E-state index is -0.571. The van der Waals surface area contributed by atoms with Gasteiger partial charge in [0.1, 0.15) is 5.82 Å². The Balaban J connectivity index is 2.56. The van der Waals surface area contributed by atoms with Crippen LogP contribution < -0.4 is 5.32 Å². The van der Waals surface area contributed by atoms with Crippen molar-refractivity contribution in [2.45, 2.75) is 32.2 Å². The first-order chi connectivity index (χ1) is 10.1. The maximum atomic E-state index is 14.3. The van der Waals surface area contributed by atoms with Crippen molar-refractivity contribution in [3.63, 3.8) is 0 Å². The molecule has 0 saturated heterocycles. The molecule has 0 aliphatic carbocycles. The second-order valence-electron chi connectivity index (χ2n) is 4.99. The third-order valence-corrected chi connectivity index (χ3v) is 3.61. The monoisotopic (exact) mass is 291 g/mol. The molecule has 1 aromatic heterocycles. The lowest BCUT2D eigenvalue weighted by atomic mass is 9.98. The molecule has 1 atom stereocenters. The quantitative estimate of drug-likeness (QED) is 0.655. The summed E-state index contributed by atoms with van der Waals surface area (Å²) in [4.78, 5) is 14.6. The number of benzene rings is 1. The number of nitrogens with zero attached hydrogens (tertiary/aromatic N) is 2. The number of pyridine rings is 1. The van der Waals surface area contributed by atoms with Crippen molar-refractivity contribution in [2.75, 3.05) is 7.05 Å². The van der Waals surface area contributed by atoms with E-state index in [4.69, 9.17) is 0 Å². The van der Waals surface area contributed by atoms with Gasteiger partial charge in [-0.25, -0.2) is 4.39 Å². The van der Waals surface area contributed by atoms with E-state index in [-0.39, 0.29) is 11.7 Å².